The topological polar surface area (TPSA) is 40.7 Å². The zero-order valence-electron chi connectivity index (χ0n) is 6.69. The summed E-state index contributed by atoms with van der Waals surface area (Å²) < 4.78 is 12.0. The molecular weight excluding hydrogens is 145 g/mol. The quantitative estimate of drug-likeness (QED) is 0.691. The summed E-state index contributed by atoms with van der Waals surface area (Å²) in [6.45, 7) is 1.45. The summed E-state index contributed by atoms with van der Waals surface area (Å²) in [6, 6.07) is 0.197. The Balaban J connectivity index is 2.71. The number of rotatable bonds is 3. The predicted octanol–water partition coefficient (Wildman–Crippen LogP) is 1.16. The molecule has 11 heavy (non-hydrogen) atoms. The Morgan fingerprint density at radius 3 is 3.00 bits per heavy atom. The molecule has 1 rings (SSSR count). The number of hydrogen-bond donors (Lipinski definition) is 2. The Hall–Kier alpha value is -0.900. The average molecular weight is 157 g/mol. The fraction of sp³-hybridized carbons (Fsp3) is 0.571. The van der Waals surface area contributed by atoms with Gasteiger partial charge in [-0.25, -0.2) is 9.37 Å². The highest BCUT2D eigenvalue weighted by Gasteiger charge is 2.05. The van der Waals surface area contributed by atoms with Crippen molar-refractivity contribution in [2.24, 2.45) is 0 Å². The molecule has 1 atom stereocenters. The second kappa shape index (κ2) is 3.48. The minimum atomic E-state index is -0.531. The van der Waals surface area contributed by atoms with Gasteiger partial charge in [0.25, 0.3) is 0 Å². The van der Waals surface area contributed by atoms with Gasteiger partial charge in [0.1, 0.15) is 12.5 Å². The second-order valence-electron chi connectivity index (χ2n) is 2.43. The maximum absolute atomic E-state index is 12.0. The van der Waals surface area contributed by atoms with Crippen LogP contribution in [0.5, 0.6) is 0 Å². The number of halogens is 1. The molecule has 0 saturated carbocycles. The summed E-state index contributed by atoms with van der Waals surface area (Å²) in [4.78, 5) is 6.70. The summed E-state index contributed by atoms with van der Waals surface area (Å²) in [5.74, 6) is 0.391. The normalized spacial score (nSPS) is 13.4. The summed E-state index contributed by atoms with van der Waals surface area (Å²) in [5.41, 5.74) is 0.917. The van der Waals surface area contributed by atoms with Crippen LogP contribution in [0.1, 0.15) is 24.5 Å². The molecule has 3 nitrogen and oxygen atoms in total. The number of hydrogen-bond acceptors (Lipinski definition) is 2. The van der Waals surface area contributed by atoms with E-state index in [1.165, 1.54) is 0 Å². The minimum absolute atomic E-state index is 0.197. The first-order chi connectivity index (χ1) is 5.27. The molecule has 0 aliphatic carbocycles. The van der Waals surface area contributed by atoms with Crippen LogP contribution in [0.15, 0.2) is 6.20 Å². The molecule has 0 aliphatic rings. The van der Waals surface area contributed by atoms with E-state index in [4.69, 9.17) is 0 Å². The largest absolute Gasteiger partial charge is 0.342 e. The van der Waals surface area contributed by atoms with E-state index in [1.807, 2.05) is 14.0 Å². The van der Waals surface area contributed by atoms with E-state index in [9.17, 15) is 4.39 Å². The van der Waals surface area contributed by atoms with Gasteiger partial charge in [-0.2, -0.15) is 0 Å². The lowest BCUT2D eigenvalue weighted by atomic mass is 10.3. The maximum Gasteiger partial charge on any atom is 0.147 e. The highest BCUT2D eigenvalue weighted by Crippen LogP contribution is 2.08. The van der Waals surface area contributed by atoms with Gasteiger partial charge >= 0.3 is 0 Å². The van der Waals surface area contributed by atoms with E-state index in [-0.39, 0.29) is 6.04 Å². The van der Waals surface area contributed by atoms with Crippen LogP contribution in [-0.2, 0) is 6.67 Å². The molecule has 0 radical (unpaired) electrons. The maximum atomic E-state index is 12.0. The average Bonchev–Trinajstić information content (AvgIpc) is 2.50. The first-order valence-electron chi connectivity index (χ1n) is 3.55. The van der Waals surface area contributed by atoms with E-state index < -0.39 is 6.67 Å². The van der Waals surface area contributed by atoms with Crippen molar-refractivity contribution in [1.82, 2.24) is 15.3 Å². The lowest BCUT2D eigenvalue weighted by molar-refractivity contribution is 0.467. The summed E-state index contributed by atoms with van der Waals surface area (Å²) in [6.07, 6.45) is 1.65. The number of alkyl halides is 1. The molecule has 0 bridgehead atoms. The standard InChI is InChI=1S/C7H12FN3/c1-5(9-2)6-4-10-7(3-8)11-6/h4-5,9H,3H2,1-2H3,(H,10,11). The van der Waals surface area contributed by atoms with E-state index in [0.717, 1.165) is 5.69 Å². The zero-order valence-corrected chi connectivity index (χ0v) is 6.69. The third-order valence-corrected chi connectivity index (χ3v) is 1.67. The van der Waals surface area contributed by atoms with Crippen molar-refractivity contribution >= 4 is 0 Å². The second-order valence-corrected chi connectivity index (χ2v) is 2.43. The first kappa shape index (κ1) is 8.20. The summed E-state index contributed by atoms with van der Waals surface area (Å²) in [7, 11) is 1.85. The number of nitrogens with zero attached hydrogens (tertiary/aromatic N) is 1. The van der Waals surface area contributed by atoms with Crippen LogP contribution in [-0.4, -0.2) is 17.0 Å². The Bertz CT molecular complexity index is 221. The molecule has 1 aromatic heterocycles. The lowest BCUT2D eigenvalue weighted by Crippen LogP contribution is -2.12. The fourth-order valence-corrected chi connectivity index (χ4v) is 0.822. The molecule has 1 heterocycles. The van der Waals surface area contributed by atoms with Crippen molar-refractivity contribution in [3.05, 3.63) is 17.7 Å². The van der Waals surface area contributed by atoms with E-state index in [0.29, 0.717) is 5.82 Å². The van der Waals surface area contributed by atoms with Crippen LogP contribution in [0.25, 0.3) is 0 Å². The van der Waals surface area contributed by atoms with Gasteiger partial charge in [-0.3, -0.25) is 0 Å². The van der Waals surface area contributed by atoms with Crippen molar-refractivity contribution in [3.8, 4) is 0 Å². The van der Waals surface area contributed by atoms with E-state index in [2.05, 4.69) is 15.3 Å². The van der Waals surface area contributed by atoms with Crippen molar-refractivity contribution in [3.63, 3.8) is 0 Å². The van der Waals surface area contributed by atoms with Crippen molar-refractivity contribution in [1.29, 1.82) is 0 Å². The Kier molecular flexibility index (Phi) is 2.59. The highest BCUT2D eigenvalue weighted by molar-refractivity contribution is 5.04. The zero-order chi connectivity index (χ0) is 8.27. The van der Waals surface area contributed by atoms with Gasteiger partial charge in [0.2, 0.25) is 0 Å². The van der Waals surface area contributed by atoms with E-state index >= 15 is 0 Å². The molecule has 1 unspecified atom stereocenters. The molecule has 4 heteroatoms. The van der Waals surface area contributed by atoms with Gasteiger partial charge in [-0.1, -0.05) is 0 Å². The number of nitrogens with one attached hydrogen (secondary N) is 2. The number of imidazole rings is 1. The Morgan fingerprint density at radius 2 is 2.55 bits per heavy atom. The molecule has 0 aliphatic heterocycles. The molecule has 0 spiro atoms. The van der Waals surface area contributed by atoms with Gasteiger partial charge < -0.3 is 10.3 Å². The molecule has 2 N–H and O–H groups in total. The van der Waals surface area contributed by atoms with Gasteiger partial charge in [-0.05, 0) is 14.0 Å². The Labute approximate surface area is 65.0 Å². The number of H-pyrrole nitrogens is 1. The third-order valence-electron chi connectivity index (χ3n) is 1.67. The highest BCUT2D eigenvalue weighted by atomic mass is 19.1. The molecule has 0 amide bonds. The molecule has 0 aromatic carbocycles. The van der Waals surface area contributed by atoms with Gasteiger partial charge in [-0.15, -0.1) is 0 Å². The summed E-state index contributed by atoms with van der Waals surface area (Å²) in [5, 5.41) is 3.02. The van der Waals surface area contributed by atoms with Crippen LogP contribution < -0.4 is 5.32 Å². The van der Waals surface area contributed by atoms with E-state index in [1.54, 1.807) is 6.20 Å². The predicted molar refractivity (Wildman–Crippen MR) is 40.9 cm³/mol. The van der Waals surface area contributed by atoms with Crippen LogP contribution >= 0.6 is 0 Å². The van der Waals surface area contributed by atoms with Crippen molar-refractivity contribution in [2.75, 3.05) is 7.05 Å². The SMILES string of the molecule is CNC(C)c1cnc(CF)[nH]1. The third kappa shape index (κ3) is 1.77. The number of aromatic nitrogens is 2. The lowest BCUT2D eigenvalue weighted by Gasteiger charge is -2.05. The van der Waals surface area contributed by atoms with Crippen LogP contribution in [0.4, 0.5) is 4.39 Å². The van der Waals surface area contributed by atoms with Crippen molar-refractivity contribution in [2.45, 2.75) is 19.6 Å². The van der Waals surface area contributed by atoms with Gasteiger partial charge in [0, 0.05) is 12.2 Å². The fourth-order valence-electron chi connectivity index (χ4n) is 0.822. The summed E-state index contributed by atoms with van der Waals surface area (Å²) >= 11 is 0. The van der Waals surface area contributed by atoms with Crippen LogP contribution in [0.2, 0.25) is 0 Å². The van der Waals surface area contributed by atoms with Gasteiger partial charge in [0.05, 0.1) is 5.69 Å². The Morgan fingerprint density at radius 1 is 1.82 bits per heavy atom. The number of aromatic amines is 1. The first-order valence-corrected chi connectivity index (χ1v) is 3.55. The van der Waals surface area contributed by atoms with Crippen LogP contribution in [0, 0.1) is 0 Å². The molecular formula is C7H12FN3. The molecule has 0 fully saturated rings. The van der Waals surface area contributed by atoms with Crippen molar-refractivity contribution < 1.29 is 4.39 Å². The van der Waals surface area contributed by atoms with Crippen LogP contribution in [0.3, 0.4) is 0 Å². The monoisotopic (exact) mass is 157 g/mol. The molecule has 62 valence electrons. The molecule has 1 aromatic rings. The van der Waals surface area contributed by atoms with Gasteiger partial charge in [0.15, 0.2) is 0 Å². The minimum Gasteiger partial charge on any atom is -0.342 e. The molecule has 0 saturated heterocycles. The smallest absolute Gasteiger partial charge is 0.147 e.